The summed E-state index contributed by atoms with van der Waals surface area (Å²) >= 11 is 0. The van der Waals surface area contributed by atoms with Gasteiger partial charge >= 0.3 is 0 Å². The fraction of sp³-hybridized carbons (Fsp3) is 0.0435. The summed E-state index contributed by atoms with van der Waals surface area (Å²) < 4.78 is 4.61. The van der Waals surface area contributed by atoms with Crippen LogP contribution in [0.1, 0.15) is 11.1 Å². The Morgan fingerprint density at radius 2 is 0.667 bits per heavy atom. The van der Waals surface area contributed by atoms with Crippen molar-refractivity contribution in [3.8, 4) is 67.3 Å². The Hall–Kier alpha value is -6.12. The molecule has 230 valence electrons. The highest BCUT2D eigenvalue weighted by atomic mass is 15.0. The molecule has 8 rings (SSSR count). The van der Waals surface area contributed by atoms with Crippen LogP contribution in [0.2, 0.25) is 0 Å². The fourth-order valence-electron chi connectivity index (χ4n) is 6.69. The summed E-state index contributed by atoms with van der Waals surface area (Å²) in [7, 11) is 0. The maximum atomic E-state index is 2.33. The average molecular weight is 617 g/mol. The van der Waals surface area contributed by atoms with E-state index < -0.39 is 0 Å². The van der Waals surface area contributed by atoms with Crippen molar-refractivity contribution in [1.82, 2.24) is 9.13 Å². The molecular weight excluding hydrogens is 581 g/mol. The molecule has 0 aliphatic heterocycles. The van der Waals surface area contributed by atoms with Crippen molar-refractivity contribution in [2.45, 2.75) is 13.8 Å². The first-order chi connectivity index (χ1) is 23.6. The summed E-state index contributed by atoms with van der Waals surface area (Å²) in [6.45, 7) is 4.26. The summed E-state index contributed by atoms with van der Waals surface area (Å²) in [5, 5.41) is 0. The van der Waals surface area contributed by atoms with E-state index in [1.807, 2.05) is 0 Å². The third-order valence-electron chi connectivity index (χ3n) is 9.17. The van der Waals surface area contributed by atoms with Gasteiger partial charge in [-0.1, -0.05) is 132 Å². The van der Waals surface area contributed by atoms with E-state index in [0.717, 1.165) is 11.4 Å². The van der Waals surface area contributed by atoms with Gasteiger partial charge in [-0.2, -0.15) is 0 Å². The summed E-state index contributed by atoms with van der Waals surface area (Å²) in [6.07, 6.45) is 4.39. The summed E-state index contributed by atoms with van der Waals surface area (Å²) in [5.41, 5.74) is 16.8. The molecule has 2 nitrogen and oxygen atoms in total. The van der Waals surface area contributed by atoms with Gasteiger partial charge < -0.3 is 9.13 Å². The molecule has 0 atom stereocenters. The Bertz CT molecular complexity index is 2150. The van der Waals surface area contributed by atoms with Gasteiger partial charge in [0.1, 0.15) is 0 Å². The predicted molar refractivity (Wildman–Crippen MR) is 202 cm³/mol. The summed E-state index contributed by atoms with van der Waals surface area (Å²) in [5.74, 6) is 0. The summed E-state index contributed by atoms with van der Waals surface area (Å²) in [4.78, 5) is 0. The molecule has 0 N–H and O–H groups in total. The van der Waals surface area contributed by atoms with Crippen LogP contribution in [0, 0.1) is 13.8 Å². The maximum absolute atomic E-state index is 2.33. The Kier molecular flexibility index (Phi) is 7.68. The number of aryl methyl sites for hydroxylation is 2. The van der Waals surface area contributed by atoms with Crippen molar-refractivity contribution in [3.63, 3.8) is 0 Å². The Morgan fingerprint density at radius 3 is 1.06 bits per heavy atom. The molecule has 8 aromatic rings. The topological polar surface area (TPSA) is 9.86 Å². The molecule has 0 aliphatic carbocycles. The number of rotatable bonds is 7. The van der Waals surface area contributed by atoms with E-state index in [-0.39, 0.29) is 0 Å². The third-order valence-corrected chi connectivity index (χ3v) is 9.17. The molecule has 2 heteroatoms. The van der Waals surface area contributed by atoms with Crippen LogP contribution >= 0.6 is 0 Å². The molecule has 6 aromatic carbocycles. The van der Waals surface area contributed by atoms with E-state index in [1.54, 1.807) is 0 Å². The lowest BCUT2D eigenvalue weighted by molar-refractivity contribution is 1.09. The zero-order valence-electron chi connectivity index (χ0n) is 27.2. The van der Waals surface area contributed by atoms with Gasteiger partial charge in [0.05, 0.1) is 11.4 Å². The molecule has 48 heavy (non-hydrogen) atoms. The van der Waals surface area contributed by atoms with Gasteiger partial charge in [-0.3, -0.25) is 0 Å². The number of hydrogen-bond donors (Lipinski definition) is 0. The highest BCUT2D eigenvalue weighted by molar-refractivity contribution is 5.88. The van der Waals surface area contributed by atoms with Crippen LogP contribution in [-0.2, 0) is 0 Å². The lowest BCUT2D eigenvalue weighted by Gasteiger charge is -2.14. The average Bonchev–Trinajstić information content (AvgIpc) is 3.79. The molecule has 2 heterocycles. The normalized spacial score (nSPS) is 11.1. The minimum absolute atomic E-state index is 1.15. The van der Waals surface area contributed by atoms with E-state index in [9.17, 15) is 0 Å². The Morgan fingerprint density at radius 1 is 0.312 bits per heavy atom. The van der Waals surface area contributed by atoms with Crippen LogP contribution in [0.5, 0.6) is 0 Å². The quantitative estimate of drug-likeness (QED) is 0.169. The Balaban J connectivity index is 1.22. The van der Waals surface area contributed by atoms with Crippen molar-refractivity contribution in [2.24, 2.45) is 0 Å². The highest BCUT2D eigenvalue weighted by Crippen LogP contribution is 2.39. The first kappa shape index (κ1) is 29.3. The zero-order valence-corrected chi connectivity index (χ0v) is 27.2. The minimum Gasteiger partial charge on any atom is -0.316 e. The molecular formula is C46H36N2. The molecule has 0 spiro atoms. The van der Waals surface area contributed by atoms with Crippen LogP contribution in [0.25, 0.3) is 67.3 Å². The van der Waals surface area contributed by atoms with E-state index in [0.29, 0.717) is 0 Å². The molecule has 0 bridgehead atoms. The molecule has 0 amide bonds. The lowest BCUT2D eigenvalue weighted by atomic mass is 9.94. The van der Waals surface area contributed by atoms with Gasteiger partial charge in [0.25, 0.3) is 0 Å². The van der Waals surface area contributed by atoms with Crippen LogP contribution in [0.3, 0.4) is 0 Å². The van der Waals surface area contributed by atoms with Gasteiger partial charge in [0.15, 0.2) is 0 Å². The second kappa shape index (κ2) is 12.6. The lowest BCUT2D eigenvalue weighted by Crippen LogP contribution is -1.96. The van der Waals surface area contributed by atoms with Crippen molar-refractivity contribution >= 4 is 0 Å². The van der Waals surface area contributed by atoms with E-state index in [1.165, 1.54) is 67.0 Å². The molecule has 0 saturated heterocycles. The van der Waals surface area contributed by atoms with Crippen molar-refractivity contribution in [3.05, 3.63) is 193 Å². The third kappa shape index (κ3) is 5.59. The number of hydrogen-bond acceptors (Lipinski definition) is 0. The molecule has 0 fully saturated rings. The first-order valence-corrected chi connectivity index (χ1v) is 16.5. The number of nitrogens with zero attached hydrogens (tertiary/aromatic N) is 2. The SMILES string of the molecule is Cc1ccc(-n2ccc(-c3cccc(-c4cccc(-c5ccn(-c6ccc(C)cc6)c5-c5ccccc5)c4)c3)c2-c2ccccc2)cc1. The predicted octanol–water partition coefficient (Wildman–Crippen LogP) is 12.2. The molecule has 0 radical (unpaired) electrons. The van der Waals surface area contributed by atoms with Crippen LogP contribution < -0.4 is 0 Å². The fourth-order valence-corrected chi connectivity index (χ4v) is 6.69. The second-order valence-corrected chi connectivity index (χ2v) is 12.5. The van der Waals surface area contributed by atoms with Gasteiger partial charge in [0, 0.05) is 34.9 Å². The maximum Gasteiger partial charge on any atom is 0.0606 e. The monoisotopic (exact) mass is 616 g/mol. The van der Waals surface area contributed by atoms with Crippen LogP contribution in [0.4, 0.5) is 0 Å². The second-order valence-electron chi connectivity index (χ2n) is 12.5. The number of benzene rings is 6. The standard InChI is InChI=1S/C46H36N2/c1-33-19-23-41(24-20-33)47-29-27-43(45(47)35-11-5-3-6-12-35)39-17-9-15-37(31-39)38-16-10-18-40(32-38)44-28-30-48(42-25-21-34(2)22-26-42)46(44)36-13-7-4-8-14-36/h3-32H,1-2H3. The largest absolute Gasteiger partial charge is 0.316 e. The van der Waals surface area contributed by atoms with Gasteiger partial charge in [-0.15, -0.1) is 0 Å². The smallest absolute Gasteiger partial charge is 0.0606 e. The minimum atomic E-state index is 1.15. The van der Waals surface area contributed by atoms with Crippen LogP contribution in [-0.4, -0.2) is 9.13 Å². The van der Waals surface area contributed by atoms with Crippen molar-refractivity contribution in [2.75, 3.05) is 0 Å². The molecule has 0 unspecified atom stereocenters. The van der Waals surface area contributed by atoms with Crippen molar-refractivity contribution in [1.29, 1.82) is 0 Å². The van der Waals surface area contributed by atoms with Gasteiger partial charge in [-0.25, -0.2) is 0 Å². The van der Waals surface area contributed by atoms with Crippen molar-refractivity contribution < 1.29 is 0 Å². The first-order valence-electron chi connectivity index (χ1n) is 16.5. The number of aromatic nitrogens is 2. The van der Waals surface area contributed by atoms with E-state index >= 15 is 0 Å². The Labute approximate surface area is 282 Å². The van der Waals surface area contributed by atoms with Crippen LogP contribution in [0.15, 0.2) is 182 Å². The molecule has 2 aromatic heterocycles. The molecule has 0 aliphatic rings. The zero-order chi connectivity index (χ0) is 32.5. The highest BCUT2D eigenvalue weighted by Gasteiger charge is 2.17. The molecule has 0 saturated carbocycles. The van der Waals surface area contributed by atoms with Gasteiger partial charge in [0.2, 0.25) is 0 Å². The van der Waals surface area contributed by atoms with Gasteiger partial charge in [-0.05, 0) is 95.8 Å². The summed E-state index contributed by atoms with van der Waals surface area (Å²) in [6, 6.07) is 61.3. The van der Waals surface area contributed by atoms with E-state index in [2.05, 4.69) is 205 Å². The van der Waals surface area contributed by atoms with E-state index in [4.69, 9.17) is 0 Å².